The average molecular weight is 456 g/mol. The van der Waals surface area contributed by atoms with E-state index in [2.05, 4.69) is 25.6 Å². The smallest absolute Gasteiger partial charge is 0.321 e. The first-order valence-corrected chi connectivity index (χ1v) is 10.7. The number of methoxy groups -OCH3 is 1. The molecule has 4 rings (SSSR count). The van der Waals surface area contributed by atoms with Crippen molar-refractivity contribution in [3.63, 3.8) is 0 Å². The number of likely N-dealkylation sites (tertiary alicyclic amines) is 1. The van der Waals surface area contributed by atoms with Crippen molar-refractivity contribution >= 4 is 12.0 Å². The molecule has 1 aliphatic heterocycles. The van der Waals surface area contributed by atoms with Crippen LogP contribution in [-0.4, -0.2) is 65.1 Å². The molecule has 2 N–H and O–H groups in total. The largest absolute Gasteiger partial charge is 0.383 e. The third-order valence-corrected chi connectivity index (χ3v) is 5.63. The van der Waals surface area contributed by atoms with Crippen molar-refractivity contribution in [3.8, 4) is 5.69 Å². The fourth-order valence-electron chi connectivity index (χ4n) is 4.07. The lowest BCUT2D eigenvalue weighted by Gasteiger charge is -2.20. The van der Waals surface area contributed by atoms with E-state index in [-0.39, 0.29) is 17.9 Å². The predicted octanol–water partition coefficient (Wildman–Crippen LogP) is 3.09. The van der Waals surface area contributed by atoms with Crippen LogP contribution in [0.2, 0.25) is 0 Å². The number of nitrogens with zero attached hydrogens (tertiary/aromatic N) is 4. The second-order valence-electron chi connectivity index (χ2n) is 7.97. The molecule has 2 aromatic carbocycles. The number of rotatable bonds is 7. The summed E-state index contributed by atoms with van der Waals surface area (Å²) in [4.78, 5) is 19.3. The van der Waals surface area contributed by atoms with Crippen molar-refractivity contribution < 1.29 is 18.3 Å². The van der Waals surface area contributed by atoms with Gasteiger partial charge in [-0.05, 0) is 36.8 Å². The van der Waals surface area contributed by atoms with E-state index in [1.807, 2.05) is 30.3 Å². The van der Waals surface area contributed by atoms with Gasteiger partial charge in [0, 0.05) is 32.7 Å². The molecule has 10 heteroatoms. The molecule has 174 valence electrons. The number of halogens is 2. The molecule has 2 atom stereocenters. The summed E-state index contributed by atoms with van der Waals surface area (Å²) in [6.07, 6.45) is 0. The SMILES string of the molecule is COCCN1C[C@@H](NC(=O)Nc2nc(C)nn2-c2ccccc2)[C@H](c2ccc(F)c(F)c2)C1. The number of para-hydroxylation sites is 1. The van der Waals surface area contributed by atoms with Crippen molar-refractivity contribution in [3.05, 3.63) is 71.6 Å². The fraction of sp³-hybridized carbons (Fsp3) is 0.348. The van der Waals surface area contributed by atoms with Crippen LogP contribution in [0.1, 0.15) is 17.3 Å². The lowest BCUT2D eigenvalue weighted by atomic mass is 9.94. The second-order valence-corrected chi connectivity index (χ2v) is 7.97. The minimum absolute atomic E-state index is 0.212. The van der Waals surface area contributed by atoms with Gasteiger partial charge in [-0.25, -0.2) is 13.6 Å². The maximum atomic E-state index is 13.9. The summed E-state index contributed by atoms with van der Waals surface area (Å²) < 4.78 is 34.1. The zero-order valence-electron chi connectivity index (χ0n) is 18.5. The van der Waals surface area contributed by atoms with Crippen molar-refractivity contribution in [2.24, 2.45) is 0 Å². The van der Waals surface area contributed by atoms with Crippen LogP contribution in [0.5, 0.6) is 0 Å². The first-order chi connectivity index (χ1) is 15.9. The second kappa shape index (κ2) is 10.1. The van der Waals surface area contributed by atoms with Gasteiger partial charge in [0.1, 0.15) is 5.82 Å². The van der Waals surface area contributed by atoms with Gasteiger partial charge in [-0.15, -0.1) is 5.10 Å². The molecule has 1 fully saturated rings. The van der Waals surface area contributed by atoms with Crippen molar-refractivity contribution in [2.75, 3.05) is 38.7 Å². The Morgan fingerprint density at radius 1 is 1.15 bits per heavy atom. The van der Waals surface area contributed by atoms with E-state index in [1.54, 1.807) is 24.8 Å². The maximum absolute atomic E-state index is 13.9. The molecule has 8 nitrogen and oxygen atoms in total. The summed E-state index contributed by atoms with van der Waals surface area (Å²) in [5.41, 5.74) is 1.39. The number of urea groups is 1. The van der Waals surface area contributed by atoms with Gasteiger partial charge in [-0.3, -0.25) is 10.2 Å². The maximum Gasteiger partial charge on any atom is 0.321 e. The lowest BCUT2D eigenvalue weighted by molar-refractivity contribution is 0.159. The molecule has 2 heterocycles. The molecule has 0 aliphatic carbocycles. The lowest BCUT2D eigenvalue weighted by Crippen LogP contribution is -2.42. The number of aromatic nitrogens is 3. The number of carbonyl (C=O) groups is 1. The molecule has 0 unspecified atom stereocenters. The number of amides is 2. The van der Waals surface area contributed by atoms with Gasteiger partial charge in [0.25, 0.3) is 0 Å². The number of benzene rings is 2. The monoisotopic (exact) mass is 456 g/mol. The first kappa shape index (κ1) is 22.8. The Hall–Kier alpha value is -3.37. The number of nitrogens with one attached hydrogen (secondary N) is 2. The molecule has 1 aromatic heterocycles. The highest BCUT2D eigenvalue weighted by Gasteiger charge is 2.35. The Bertz CT molecular complexity index is 1110. The van der Waals surface area contributed by atoms with Crippen LogP contribution in [-0.2, 0) is 4.74 Å². The van der Waals surface area contributed by atoms with Crippen LogP contribution in [0, 0.1) is 18.6 Å². The first-order valence-electron chi connectivity index (χ1n) is 10.7. The molecule has 0 radical (unpaired) electrons. The number of ether oxygens (including phenoxy) is 1. The molecule has 0 saturated carbocycles. The van der Waals surface area contributed by atoms with Crippen LogP contribution < -0.4 is 10.6 Å². The zero-order valence-corrected chi connectivity index (χ0v) is 18.5. The van der Waals surface area contributed by atoms with E-state index in [0.29, 0.717) is 37.6 Å². The molecule has 1 aliphatic rings. The fourth-order valence-corrected chi connectivity index (χ4v) is 4.07. The topological polar surface area (TPSA) is 84.3 Å². The molecular weight excluding hydrogens is 430 g/mol. The Balaban J connectivity index is 1.51. The number of anilines is 1. The molecular formula is C23H26F2N6O2. The highest BCUT2D eigenvalue weighted by Crippen LogP contribution is 2.29. The molecule has 3 aromatic rings. The number of carbonyl (C=O) groups excluding carboxylic acids is 1. The van der Waals surface area contributed by atoms with Gasteiger partial charge >= 0.3 is 6.03 Å². The summed E-state index contributed by atoms with van der Waals surface area (Å²) in [6, 6.07) is 12.5. The number of aryl methyl sites for hydroxylation is 1. The van der Waals surface area contributed by atoms with Gasteiger partial charge in [0.15, 0.2) is 11.6 Å². The van der Waals surface area contributed by atoms with Crippen molar-refractivity contribution in [1.29, 1.82) is 0 Å². The minimum Gasteiger partial charge on any atom is -0.383 e. The van der Waals surface area contributed by atoms with E-state index in [4.69, 9.17) is 4.74 Å². The Labute approximate surface area is 190 Å². The molecule has 2 amide bonds. The summed E-state index contributed by atoms with van der Waals surface area (Å²) in [7, 11) is 1.62. The summed E-state index contributed by atoms with van der Waals surface area (Å²) >= 11 is 0. The van der Waals surface area contributed by atoms with Crippen molar-refractivity contribution in [2.45, 2.75) is 18.9 Å². The zero-order chi connectivity index (χ0) is 23.4. The highest BCUT2D eigenvalue weighted by atomic mass is 19.2. The highest BCUT2D eigenvalue weighted by molar-refractivity contribution is 5.88. The van der Waals surface area contributed by atoms with Gasteiger partial charge < -0.3 is 10.1 Å². The van der Waals surface area contributed by atoms with Crippen LogP contribution >= 0.6 is 0 Å². The third-order valence-electron chi connectivity index (χ3n) is 5.63. The van der Waals surface area contributed by atoms with Crippen LogP contribution in [0.25, 0.3) is 5.69 Å². The standard InChI is InChI=1S/C23H26F2N6O2/c1-15-26-22(31(29-15)17-6-4-3-5-7-17)28-23(32)27-21-14-30(10-11-33-2)13-18(21)16-8-9-19(24)20(25)12-16/h3-9,12,18,21H,10-11,13-14H2,1-2H3,(H2,26,27,28,29,32)/t18-,21+/m0/s1. The van der Waals surface area contributed by atoms with E-state index in [0.717, 1.165) is 11.8 Å². The van der Waals surface area contributed by atoms with Crippen LogP contribution in [0.4, 0.5) is 19.5 Å². The van der Waals surface area contributed by atoms with Gasteiger partial charge in [0.2, 0.25) is 5.95 Å². The third kappa shape index (κ3) is 5.35. The van der Waals surface area contributed by atoms with E-state index < -0.39 is 17.7 Å². The number of hydrogen-bond acceptors (Lipinski definition) is 5. The average Bonchev–Trinajstić information content (AvgIpc) is 3.37. The van der Waals surface area contributed by atoms with E-state index in [9.17, 15) is 13.6 Å². The van der Waals surface area contributed by atoms with Crippen LogP contribution in [0.15, 0.2) is 48.5 Å². The molecule has 0 spiro atoms. The Kier molecular flexibility index (Phi) is 6.95. The molecule has 33 heavy (non-hydrogen) atoms. The van der Waals surface area contributed by atoms with Crippen molar-refractivity contribution in [1.82, 2.24) is 25.0 Å². The Morgan fingerprint density at radius 3 is 2.67 bits per heavy atom. The summed E-state index contributed by atoms with van der Waals surface area (Å²) in [5, 5.41) is 10.1. The summed E-state index contributed by atoms with van der Waals surface area (Å²) in [6.45, 7) is 4.07. The normalized spacial score (nSPS) is 18.4. The molecule has 1 saturated heterocycles. The van der Waals surface area contributed by atoms with E-state index >= 15 is 0 Å². The minimum atomic E-state index is -0.905. The Morgan fingerprint density at radius 2 is 1.94 bits per heavy atom. The quantitative estimate of drug-likeness (QED) is 0.571. The molecule has 0 bridgehead atoms. The van der Waals surface area contributed by atoms with E-state index in [1.165, 1.54) is 6.07 Å². The predicted molar refractivity (Wildman–Crippen MR) is 119 cm³/mol. The summed E-state index contributed by atoms with van der Waals surface area (Å²) in [5.74, 6) is -1.21. The van der Waals surface area contributed by atoms with Gasteiger partial charge in [-0.2, -0.15) is 9.67 Å². The van der Waals surface area contributed by atoms with Gasteiger partial charge in [0.05, 0.1) is 18.3 Å². The number of hydrogen-bond donors (Lipinski definition) is 2. The van der Waals surface area contributed by atoms with Crippen LogP contribution in [0.3, 0.4) is 0 Å². The van der Waals surface area contributed by atoms with Gasteiger partial charge in [-0.1, -0.05) is 24.3 Å².